The maximum atomic E-state index is 11.3. The molecule has 0 atom stereocenters. The number of esters is 1. The van der Waals surface area contributed by atoms with Gasteiger partial charge in [-0.2, -0.15) is 0 Å². The van der Waals surface area contributed by atoms with Crippen LogP contribution in [0.1, 0.15) is 15.9 Å². The molecule has 0 fully saturated rings. The van der Waals surface area contributed by atoms with Crippen LogP contribution in [0.5, 0.6) is 11.5 Å². The lowest BCUT2D eigenvalue weighted by Crippen LogP contribution is -2.00. The minimum Gasteiger partial charge on any atom is -0.465 e. The number of rotatable bonds is 4. The van der Waals surface area contributed by atoms with Crippen LogP contribution in [0.2, 0.25) is 0 Å². The summed E-state index contributed by atoms with van der Waals surface area (Å²) in [5.41, 5.74) is 7.07. The summed E-state index contributed by atoms with van der Waals surface area (Å²) in [7, 11) is 1.35. The molecule has 2 aromatic carbocycles. The van der Waals surface area contributed by atoms with Crippen LogP contribution in [-0.2, 0) is 11.3 Å². The molecule has 0 unspecified atom stereocenters. The average Bonchev–Trinajstić information content (AvgIpc) is 2.48. The smallest absolute Gasteiger partial charge is 0.337 e. The number of carbonyl (C=O) groups is 1. The van der Waals surface area contributed by atoms with Gasteiger partial charge in [0.25, 0.3) is 0 Å². The summed E-state index contributed by atoms with van der Waals surface area (Å²) < 4.78 is 10.3. The maximum Gasteiger partial charge on any atom is 0.337 e. The van der Waals surface area contributed by atoms with Crippen LogP contribution >= 0.6 is 12.4 Å². The van der Waals surface area contributed by atoms with Crippen molar-refractivity contribution >= 4 is 18.4 Å². The molecule has 0 radical (unpaired) electrons. The van der Waals surface area contributed by atoms with Crippen molar-refractivity contribution in [2.24, 2.45) is 5.73 Å². The third-order valence-electron chi connectivity index (χ3n) is 2.67. The van der Waals surface area contributed by atoms with Crippen LogP contribution in [0.4, 0.5) is 0 Å². The molecule has 106 valence electrons. The third-order valence-corrected chi connectivity index (χ3v) is 2.67. The molecule has 2 aromatic rings. The minimum atomic E-state index is -0.362. The Kier molecular flexibility index (Phi) is 6.03. The Morgan fingerprint density at radius 3 is 1.95 bits per heavy atom. The molecular weight excluding hydrogens is 278 g/mol. The van der Waals surface area contributed by atoms with Crippen LogP contribution in [0.15, 0.2) is 48.5 Å². The van der Waals surface area contributed by atoms with Crippen molar-refractivity contribution in [1.82, 2.24) is 0 Å². The van der Waals surface area contributed by atoms with Gasteiger partial charge in [0.05, 0.1) is 12.7 Å². The summed E-state index contributed by atoms with van der Waals surface area (Å²) in [6.45, 7) is 0.508. The van der Waals surface area contributed by atoms with Gasteiger partial charge < -0.3 is 15.2 Å². The molecular formula is C15H16ClNO3. The molecule has 0 amide bonds. The Hall–Kier alpha value is -2.04. The van der Waals surface area contributed by atoms with E-state index in [4.69, 9.17) is 10.5 Å². The fourth-order valence-electron chi connectivity index (χ4n) is 1.61. The molecule has 0 heterocycles. The Bertz CT molecular complexity index is 552. The molecule has 4 nitrogen and oxygen atoms in total. The van der Waals surface area contributed by atoms with E-state index in [-0.39, 0.29) is 18.4 Å². The predicted octanol–water partition coefficient (Wildman–Crippen LogP) is 3.15. The predicted molar refractivity (Wildman–Crippen MR) is 79.4 cm³/mol. The maximum absolute atomic E-state index is 11.3. The largest absolute Gasteiger partial charge is 0.465 e. The summed E-state index contributed by atoms with van der Waals surface area (Å²) in [5, 5.41) is 0. The second-order valence-electron chi connectivity index (χ2n) is 3.97. The van der Waals surface area contributed by atoms with Crippen LogP contribution in [0.25, 0.3) is 0 Å². The highest BCUT2D eigenvalue weighted by Gasteiger charge is 2.05. The van der Waals surface area contributed by atoms with Crippen LogP contribution in [-0.4, -0.2) is 13.1 Å². The lowest BCUT2D eigenvalue weighted by molar-refractivity contribution is 0.0600. The van der Waals surface area contributed by atoms with E-state index in [0.717, 1.165) is 11.3 Å². The number of hydrogen-bond donors (Lipinski definition) is 1. The highest BCUT2D eigenvalue weighted by Crippen LogP contribution is 2.22. The monoisotopic (exact) mass is 293 g/mol. The number of methoxy groups -OCH3 is 1. The van der Waals surface area contributed by atoms with E-state index in [0.29, 0.717) is 17.9 Å². The summed E-state index contributed by atoms with van der Waals surface area (Å²) in [6, 6.07) is 14.3. The molecule has 0 spiro atoms. The molecule has 2 N–H and O–H groups in total. The number of nitrogens with two attached hydrogens (primary N) is 1. The van der Waals surface area contributed by atoms with Gasteiger partial charge in [0, 0.05) is 6.54 Å². The second kappa shape index (κ2) is 7.53. The Labute approximate surface area is 123 Å². The highest BCUT2D eigenvalue weighted by molar-refractivity contribution is 5.89. The molecule has 5 heteroatoms. The molecule has 0 saturated carbocycles. The van der Waals surface area contributed by atoms with E-state index in [1.165, 1.54) is 7.11 Å². The molecule has 0 aliphatic rings. The quantitative estimate of drug-likeness (QED) is 0.880. The summed E-state index contributed by atoms with van der Waals surface area (Å²) >= 11 is 0. The van der Waals surface area contributed by atoms with E-state index in [9.17, 15) is 4.79 Å². The minimum absolute atomic E-state index is 0. The van der Waals surface area contributed by atoms with Crippen molar-refractivity contribution in [3.05, 3.63) is 59.7 Å². The lowest BCUT2D eigenvalue weighted by atomic mass is 10.2. The van der Waals surface area contributed by atoms with Crippen molar-refractivity contribution < 1.29 is 14.3 Å². The average molecular weight is 294 g/mol. The van der Waals surface area contributed by atoms with Crippen molar-refractivity contribution in [2.75, 3.05) is 7.11 Å². The normalized spacial score (nSPS) is 9.50. The van der Waals surface area contributed by atoms with E-state index < -0.39 is 0 Å². The Morgan fingerprint density at radius 2 is 1.50 bits per heavy atom. The number of ether oxygens (including phenoxy) is 2. The fourth-order valence-corrected chi connectivity index (χ4v) is 1.61. The third kappa shape index (κ3) is 3.98. The van der Waals surface area contributed by atoms with E-state index in [1.807, 2.05) is 24.3 Å². The fraction of sp³-hybridized carbons (Fsp3) is 0.133. The van der Waals surface area contributed by atoms with Crippen LogP contribution in [0.3, 0.4) is 0 Å². The topological polar surface area (TPSA) is 61.5 Å². The molecule has 2 rings (SSSR count). The van der Waals surface area contributed by atoms with E-state index >= 15 is 0 Å². The zero-order valence-electron chi connectivity index (χ0n) is 11.0. The second-order valence-corrected chi connectivity index (χ2v) is 3.97. The molecule has 0 aliphatic carbocycles. The van der Waals surface area contributed by atoms with Gasteiger partial charge in [0.2, 0.25) is 0 Å². The van der Waals surface area contributed by atoms with Gasteiger partial charge in [0.15, 0.2) is 0 Å². The van der Waals surface area contributed by atoms with E-state index in [1.54, 1.807) is 24.3 Å². The van der Waals surface area contributed by atoms with Crippen LogP contribution < -0.4 is 10.5 Å². The lowest BCUT2D eigenvalue weighted by Gasteiger charge is -2.07. The standard InChI is InChI=1S/C15H15NO3.ClH/c1-18-15(17)12-4-8-14(9-5-12)19-13-6-2-11(10-16)3-7-13;/h2-9H,10,16H2,1H3;1H. The van der Waals surface area contributed by atoms with Gasteiger partial charge in [0.1, 0.15) is 11.5 Å². The first-order valence-corrected chi connectivity index (χ1v) is 5.88. The van der Waals surface area contributed by atoms with E-state index in [2.05, 4.69) is 4.74 Å². The summed E-state index contributed by atoms with van der Waals surface area (Å²) in [6.07, 6.45) is 0. The van der Waals surface area contributed by atoms with Crippen molar-refractivity contribution in [3.63, 3.8) is 0 Å². The number of carbonyl (C=O) groups excluding carboxylic acids is 1. The van der Waals surface area contributed by atoms with Crippen molar-refractivity contribution in [2.45, 2.75) is 6.54 Å². The summed E-state index contributed by atoms with van der Waals surface area (Å²) in [4.78, 5) is 11.3. The van der Waals surface area contributed by atoms with Crippen LogP contribution in [0, 0.1) is 0 Å². The number of benzene rings is 2. The zero-order chi connectivity index (χ0) is 13.7. The molecule has 0 aromatic heterocycles. The first-order valence-electron chi connectivity index (χ1n) is 5.88. The molecule has 20 heavy (non-hydrogen) atoms. The number of hydrogen-bond acceptors (Lipinski definition) is 4. The Morgan fingerprint density at radius 1 is 1.00 bits per heavy atom. The van der Waals surface area contributed by atoms with Gasteiger partial charge in [-0.25, -0.2) is 4.79 Å². The molecule has 0 aliphatic heterocycles. The summed E-state index contributed by atoms with van der Waals surface area (Å²) in [5.74, 6) is 1.02. The first kappa shape index (κ1) is 16.0. The Balaban J connectivity index is 0.00000200. The van der Waals surface area contributed by atoms with Crippen molar-refractivity contribution in [1.29, 1.82) is 0 Å². The van der Waals surface area contributed by atoms with Gasteiger partial charge in [-0.15, -0.1) is 12.4 Å². The molecule has 0 saturated heterocycles. The first-order chi connectivity index (χ1) is 9.22. The van der Waals surface area contributed by atoms with Crippen molar-refractivity contribution in [3.8, 4) is 11.5 Å². The molecule has 0 bridgehead atoms. The number of halogens is 1. The zero-order valence-corrected chi connectivity index (χ0v) is 11.9. The SMILES string of the molecule is COC(=O)c1ccc(Oc2ccc(CN)cc2)cc1.Cl. The highest BCUT2D eigenvalue weighted by atomic mass is 35.5. The van der Waals surface area contributed by atoms with Gasteiger partial charge >= 0.3 is 5.97 Å². The van der Waals surface area contributed by atoms with Gasteiger partial charge in [-0.3, -0.25) is 0 Å². The van der Waals surface area contributed by atoms with Gasteiger partial charge in [-0.05, 0) is 42.0 Å². The van der Waals surface area contributed by atoms with Gasteiger partial charge in [-0.1, -0.05) is 12.1 Å².